The average Bonchev–Trinajstić information content (AvgIpc) is 2.17. The predicted octanol–water partition coefficient (Wildman–Crippen LogP) is 1.14. The van der Waals surface area contributed by atoms with Gasteiger partial charge in [-0.3, -0.25) is 9.59 Å². The molecular weight excluding hydrogens is 232 g/mol. The maximum absolute atomic E-state index is 11.6. The van der Waals surface area contributed by atoms with Crippen LogP contribution in [0.3, 0.4) is 0 Å². The second-order valence-electron chi connectivity index (χ2n) is 6.30. The number of aliphatic carboxylic acids is 1. The molecule has 0 aliphatic heterocycles. The van der Waals surface area contributed by atoms with Gasteiger partial charge in [-0.2, -0.15) is 0 Å². The Morgan fingerprint density at radius 3 is 2.28 bits per heavy atom. The van der Waals surface area contributed by atoms with Crippen molar-refractivity contribution >= 4 is 11.9 Å². The molecule has 18 heavy (non-hydrogen) atoms. The van der Waals surface area contributed by atoms with Crippen LogP contribution in [0, 0.1) is 5.41 Å². The molecule has 1 aliphatic rings. The molecule has 0 spiro atoms. The van der Waals surface area contributed by atoms with Gasteiger partial charge in [0.05, 0.1) is 13.0 Å². The largest absolute Gasteiger partial charge is 0.481 e. The molecule has 0 radical (unpaired) electrons. The number of carboxylic acids is 1. The highest BCUT2D eigenvalue weighted by atomic mass is 16.4. The lowest BCUT2D eigenvalue weighted by molar-refractivity contribution is -0.141. The fourth-order valence-corrected chi connectivity index (χ4v) is 2.11. The van der Waals surface area contributed by atoms with Crippen molar-refractivity contribution in [3.05, 3.63) is 0 Å². The van der Waals surface area contributed by atoms with Gasteiger partial charge in [-0.15, -0.1) is 0 Å². The smallest absolute Gasteiger partial charge is 0.303 e. The summed E-state index contributed by atoms with van der Waals surface area (Å²) in [6.45, 7) is 6.74. The van der Waals surface area contributed by atoms with Gasteiger partial charge in [0.2, 0.25) is 5.91 Å². The van der Waals surface area contributed by atoms with E-state index in [1.807, 2.05) is 20.8 Å². The Labute approximate surface area is 108 Å². The molecule has 0 aromatic heterocycles. The van der Waals surface area contributed by atoms with E-state index in [-0.39, 0.29) is 29.8 Å². The van der Waals surface area contributed by atoms with Crippen LogP contribution < -0.4 is 10.6 Å². The van der Waals surface area contributed by atoms with Crippen LogP contribution in [0.1, 0.15) is 46.5 Å². The number of carboxylic acid groups (broad SMARTS) is 1. The fraction of sp³-hybridized carbons (Fsp3) is 0.846. The summed E-state index contributed by atoms with van der Waals surface area (Å²) in [5.41, 5.74) is -0.296. The van der Waals surface area contributed by atoms with E-state index < -0.39 is 5.97 Å². The monoisotopic (exact) mass is 256 g/mol. The lowest BCUT2D eigenvalue weighted by atomic mass is 9.66. The summed E-state index contributed by atoms with van der Waals surface area (Å²) in [4.78, 5) is 22.4. The molecule has 0 aromatic rings. The molecule has 0 heterocycles. The highest BCUT2D eigenvalue weighted by Crippen LogP contribution is 2.43. The van der Waals surface area contributed by atoms with Gasteiger partial charge in [0, 0.05) is 12.1 Å². The van der Waals surface area contributed by atoms with Crippen molar-refractivity contribution in [2.45, 2.75) is 52.0 Å². The third kappa shape index (κ3) is 5.04. The molecule has 3 N–H and O–H groups in total. The molecule has 5 heteroatoms. The summed E-state index contributed by atoms with van der Waals surface area (Å²) < 4.78 is 0. The summed E-state index contributed by atoms with van der Waals surface area (Å²) in [6.07, 6.45) is 3.00. The van der Waals surface area contributed by atoms with E-state index in [1.54, 1.807) is 0 Å². The Morgan fingerprint density at radius 2 is 1.89 bits per heavy atom. The van der Waals surface area contributed by atoms with E-state index in [4.69, 9.17) is 5.11 Å². The fourth-order valence-electron chi connectivity index (χ4n) is 2.11. The van der Waals surface area contributed by atoms with Crippen molar-refractivity contribution in [2.75, 3.05) is 13.1 Å². The summed E-state index contributed by atoms with van der Waals surface area (Å²) in [6, 6.07) is 0. The number of carbonyl (C=O) groups is 2. The quantitative estimate of drug-likeness (QED) is 0.666. The Balaban J connectivity index is 2.30. The summed E-state index contributed by atoms with van der Waals surface area (Å²) >= 11 is 0. The first-order valence-electron chi connectivity index (χ1n) is 6.46. The van der Waals surface area contributed by atoms with Gasteiger partial charge < -0.3 is 15.7 Å². The standard InChI is InChI=1S/C13H24N2O3/c1-12(2,3)15-8-10(16)14-9-13(5-4-6-13)7-11(17)18/h15H,4-9H2,1-3H3,(H,14,16)(H,17,18). The van der Waals surface area contributed by atoms with Crippen molar-refractivity contribution in [3.63, 3.8) is 0 Å². The highest BCUT2D eigenvalue weighted by molar-refractivity contribution is 5.78. The minimum atomic E-state index is -0.781. The summed E-state index contributed by atoms with van der Waals surface area (Å²) in [5.74, 6) is -0.849. The van der Waals surface area contributed by atoms with Gasteiger partial charge in [-0.25, -0.2) is 0 Å². The van der Waals surface area contributed by atoms with Gasteiger partial charge >= 0.3 is 5.97 Å². The Kier molecular flexibility index (Phi) is 4.73. The zero-order valence-electron chi connectivity index (χ0n) is 11.5. The molecule has 0 atom stereocenters. The van der Waals surface area contributed by atoms with Gasteiger partial charge in [-0.05, 0) is 39.0 Å². The second kappa shape index (κ2) is 5.69. The molecule has 0 bridgehead atoms. The molecule has 5 nitrogen and oxygen atoms in total. The molecule has 104 valence electrons. The number of carbonyl (C=O) groups excluding carboxylic acids is 1. The molecule has 1 rings (SSSR count). The first kappa shape index (κ1) is 15.0. The lowest BCUT2D eigenvalue weighted by Crippen LogP contribution is -2.48. The summed E-state index contributed by atoms with van der Waals surface area (Å²) in [7, 11) is 0. The number of rotatable bonds is 6. The molecule has 1 amide bonds. The molecule has 1 aliphatic carbocycles. The van der Waals surface area contributed by atoms with E-state index in [2.05, 4.69) is 10.6 Å². The van der Waals surface area contributed by atoms with Crippen LogP contribution in [0.5, 0.6) is 0 Å². The molecule has 0 aromatic carbocycles. The van der Waals surface area contributed by atoms with Crippen molar-refractivity contribution in [3.8, 4) is 0 Å². The normalized spacial score (nSPS) is 17.9. The predicted molar refractivity (Wildman–Crippen MR) is 69.3 cm³/mol. The zero-order valence-corrected chi connectivity index (χ0v) is 11.5. The summed E-state index contributed by atoms with van der Waals surface area (Å²) in [5, 5.41) is 14.8. The Hall–Kier alpha value is -1.10. The number of nitrogens with one attached hydrogen (secondary N) is 2. The zero-order chi connectivity index (χ0) is 13.8. The third-order valence-corrected chi connectivity index (χ3v) is 3.38. The van der Waals surface area contributed by atoms with E-state index >= 15 is 0 Å². The number of hydrogen-bond acceptors (Lipinski definition) is 3. The van der Waals surface area contributed by atoms with Crippen molar-refractivity contribution < 1.29 is 14.7 Å². The van der Waals surface area contributed by atoms with E-state index in [0.29, 0.717) is 6.54 Å². The third-order valence-electron chi connectivity index (χ3n) is 3.38. The lowest BCUT2D eigenvalue weighted by Gasteiger charge is -2.40. The van der Waals surface area contributed by atoms with Crippen LogP contribution in [0.15, 0.2) is 0 Å². The van der Waals surface area contributed by atoms with Gasteiger partial charge in [0.15, 0.2) is 0 Å². The van der Waals surface area contributed by atoms with Crippen molar-refractivity contribution in [1.29, 1.82) is 0 Å². The van der Waals surface area contributed by atoms with E-state index in [1.165, 1.54) is 0 Å². The van der Waals surface area contributed by atoms with Gasteiger partial charge in [0.25, 0.3) is 0 Å². The molecule has 0 unspecified atom stereocenters. The van der Waals surface area contributed by atoms with Crippen LogP contribution in [-0.2, 0) is 9.59 Å². The average molecular weight is 256 g/mol. The first-order chi connectivity index (χ1) is 8.22. The van der Waals surface area contributed by atoms with E-state index in [0.717, 1.165) is 19.3 Å². The van der Waals surface area contributed by atoms with E-state index in [9.17, 15) is 9.59 Å². The number of amides is 1. The topological polar surface area (TPSA) is 78.4 Å². The maximum atomic E-state index is 11.6. The minimum Gasteiger partial charge on any atom is -0.481 e. The minimum absolute atomic E-state index is 0.0680. The molecular formula is C13H24N2O3. The van der Waals surface area contributed by atoms with Gasteiger partial charge in [0.1, 0.15) is 0 Å². The van der Waals surface area contributed by atoms with Crippen molar-refractivity contribution in [2.24, 2.45) is 5.41 Å². The van der Waals surface area contributed by atoms with Crippen LogP contribution in [-0.4, -0.2) is 35.6 Å². The molecule has 0 saturated heterocycles. The number of hydrogen-bond donors (Lipinski definition) is 3. The first-order valence-corrected chi connectivity index (χ1v) is 6.46. The SMILES string of the molecule is CC(C)(C)NCC(=O)NCC1(CC(=O)O)CCC1. The molecule has 1 saturated carbocycles. The van der Waals surface area contributed by atoms with Crippen LogP contribution >= 0.6 is 0 Å². The van der Waals surface area contributed by atoms with Crippen LogP contribution in [0.25, 0.3) is 0 Å². The van der Waals surface area contributed by atoms with Crippen LogP contribution in [0.2, 0.25) is 0 Å². The van der Waals surface area contributed by atoms with Gasteiger partial charge in [-0.1, -0.05) is 6.42 Å². The van der Waals surface area contributed by atoms with Crippen molar-refractivity contribution in [1.82, 2.24) is 10.6 Å². The molecule has 1 fully saturated rings. The second-order valence-corrected chi connectivity index (χ2v) is 6.30. The Bertz CT molecular complexity index is 317. The maximum Gasteiger partial charge on any atom is 0.303 e. The highest BCUT2D eigenvalue weighted by Gasteiger charge is 2.39. The Morgan fingerprint density at radius 1 is 1.28 bits per heavy atom. The van der Waals surface area contributed by atoms with Crippen LogP contribution in [0.4, 0.5) is 0 Å².